The first kappa shape index (κ1) is 12.4. The number of anilines is 1. The fraction of sp³-hybridized carbons (Fsp3) is 0.267. The van der Waals surface area contributed by atoms with Crippen LogP contribution in [-0.2, 0) is 4.79 Å². The molecule has 0 aliphatic heterocycles. The van der Waals surface area contributed by atoms with Crippen molar-refractivity contribution in [3.8, 4) is 0 Å². The Balaban J connectivity index is 2.11. The van der Waals surface area contributed by atoms with Crippen LogP contribution >= 0.6 is 0 Å². The van der Waals surface area contributed by atoms with E-state index >= 15 is 0 Å². The zero-order valence-electron chi connectivity index (χ0n) is 10.9. The molecule has 0 atom stereocenters. The van der Waals surface area contributed by atoms with Crippen molar-refractivity contribution in [3.05, 3.63) is 42.5 Å². The average molecular weight is 242 g/mol. The zero-order chi connectivity index (χ0) is 13.2. The lowest BCUT2D eigenvalue weighted by molar-refractivity contribution is -0.127. The van der Waals surface area contributed by atoms with Crippen molar-refractivity contribution >= 4 is 22.4 Å². The molecular formula is C15H18N2O. The van der Waals surface area contributed by atoms with Gasteiger partial charge in [0, 0.05) is 5.41 Å². The summed E-state index contributed by atoms with van der Waals surface area (Å²) >= 11 is 0. The second-order valence-corrected chi connectivity index (χ2v) is 5.39. The minimum atomic E-state index is -0.399. The number of benzene rings is 2. The van der Waals surface area contributed by atoms with Crippen LogP contribution in [0, 0.1) is 5.41 Å². The minimum absolute atomic E-state index is 0.0318. The van der Waals surface area contributed by atoms with Crippen LogP contribution in [0.2, 0.25) is 0 Å². The summed E-state index contributed by atoms with van der Waals surface area (Å²) < 4.78 is 0. The molecule has 1 amide bonds. The number of amides is 1. The van der Waals surface area contributed by atoms with Gasteiger partial charge in [0.25, 0.3) is 0 Å². The zero-order valence-corrected chi connectivity index (χ0v) is 10.9. The van der Waals surface area contributed by atoms with Gasteiger partial charge in [0.1, 0.15) is 0 Å². The molecule has 2 aromatic rings. The van der Waals surface area contributed by atoms with E-state index in [4.69, 9.17) is 0 Å². The Morgan fingerprint density at radius 3 is 2.33 bits per heavy atom. The number of rotatable bonds is 2. The van der Waals surface area contributed by atoms with Gasteiger partial charge in [0.05, 0.1) is 5.69 Å². The Bertz CT molecular complexity index is 570. The Kier molecular flexibility index (Phi) is 3.24. The molecule has 18 heavy (non-hydrogen) atoms. The van der Waals surface area contributed by atoms with Gasteiger partial charge in [0.2, 0.25) is 5.91 Å². The molecule has 0 radical (unpaired) electrons. The Morgan fingerprint density at radius 2 is 1.67 bits per heavy atom. The second-order valence-electron chi connectivity index (χ2n) is 5.39. The van der Waals surface area contributed by atoms with Crippen LogP contribution in [0.5, 0.6) is 0 Å². The van der Waals surface area contributed by atoms with Gasteiger partial charge in [-0.1, -0.05) is 51.1 Å². The van der Waals surface area contributed by atoms with Gasteiger partial charge < -0.3 is 0 Å². The van der Waals surface area contributed by atoms with Crippen LogP contribution in [0.15, 0.2) is 42.5 Å². The normalized spacial score (nSPS) is 11.3. The summed E-state index contributed by atoms with van der Waals surface area (Å²) in [6, 6.07) is 14.1. The van der Waals surface area contributed by atoms with Crippen molar-refractivity contribution in [2.45, 2.75) is 20.8 Å². The Hall–Kier alpha value is -2.03. The molecular weight excluding hydrogens is 224 g/mol. The maximum absolute atomic E-state index is 11.7. The number of hydrogen-bond donors (Lipinski definition) is 2. The molecule has 2 rings (SSSR count). The van der Waals surface area contributed by atoms with E-state index in [-0.39, 0.29) is 5.91 Å². The van der Waals surface area contributed by atoms with Crippen molar-refractivity contribution in [2.75, 3.05) is 5.43 Å². The van der Waals surface area contributed by atoms with E-state index in [1.54, 1.807) is 0 Å². The predicted octanol–water partition coefficient (Wildman–Crippen LogP) is 3.33. The summed E-state index contributed by atoms with van der Waals surface area (Å²) in [7, 11) is 0. The van der Waals surface area contributed by atoms with E-state index in [0.29, 0.717) is 0 Å². The van der Waals surface area contributed by atoms with Crippen LogP contribution in [0.4, 0.5) is 5.69 Å². The minimum Gasteiger partial charge on any atom is -0.299 e. The third-order valence-electron chi connectivity index (χ3n) is 2.75. The molecule has 0 aliphatic rings. The van der Waals surface area contributed by atoms with E-state index < -0.39 is 5.41 Å². The number of hydrogen-bond acceptors (Lipinski definition) is 2. The summed E-state index contributed by atoms with van der Waals surface area (Å²) in [4.78, 5) is 11.7. The lowest BCUT2D eigenvalue weighted by Gasteiger charge is -2.18. The molecule has 94 valence electrons. The van der Waals surface area contributed by atoms with Crippen molar-refractivity contribution in [1.29, 1.82) is 0 Å². The largest absolute Gasteiger partial charge is 0.299 e. The standard InChI is InChI=1S/C15H18N2O/c1-15(2,3)14(18)17-16-13-9-8-11-6-4-5-7-12(11)10-13/h4-10,16H,1-3H3,(H,17,18). The van der Waals surface area contributed by atoms with Gasteiger partial charge in [-0.3, -0.25) is 15.6 Å². The molecule has 0 bridgehead atoms. The fourth-order valence-electron chi connectivity index (χ4n) is 1.58. The Morgan fingerprint density at radius 1 is 1.00 bits per heavy atom. The number of fused-ring (bicyclic) bond motifs is 1. The van der Waals surface area contributed by atoms with Gasteiger partial charge in [-0.15, -0.1) is 0 Å². The molecule has 3 nitrogen and oxygen atoms in total. The first-order chi connectivity index (χ1) is 8.47. The maximum Gasteiger partial charge on any atom is 0.243 e. The number of carbonyl (C=O) groups excluding carboxylic acids is 1. The molecule has 0 saturated heterocycles. The van der Waals surface area contributed by atoms with Gasteiger partial charge in [-0.05, 0) is 22.9 Å². The van der Waals surface area contributed by atoms with Crippen LogP contribution in [0.1, 0.15) is 20.8 Å². The molecule has 0 spiro atoms. The lowest BCUT2D eigenvalue weighted by Crippen LogP contribution is -2.38. The van der Waals surface area contributed by atoms with Gasteiger partial charge in [0.15, 0.2) is 0 Å². The lowest BCUT2D eigenvalue weighted by atomic mass is 9.96. The molecule has 0 fully saturated rings. The molecule has 0 unspecified atom stereocenters. The van der Waals surface area contributed by atoms with E-state index in [9.17, 15) is 4.79 Å². The van der Waals surface area contributed by atoms with Crippen molar-refractivity contribution in [2.24, 2.45) is 5.41 Å². The third-order valence-corrected chi connectivity index (χ3v) is 2.75. The highest BCUT2D eigenvalue weighted by atomic mass is 16.2. The molecule has 3 heteroatoms. The van der Waals surface area contributed by atoms with Crippen LogP contribution < -0.4 is 10.9 Å². The first-order valence-corrected chi connectivity index (χ1v) is 6.02. The summed E-state index contributed by atoms with van der Waals surface area (Å²) in [5, 5.41) is 2.33. The van der Waals surface area contributed by atoms with Crippen LogP contribution in [-0.4, -0.2) is 5.91 Å². The second kappa shape index (κ2) is 4.69. The van der Waals surface area contributed by atoms with E-state index in [2.05, 4.69) is 16.9 Å². The average Bonchev–Trinajstić information content (AvgIpc) is 2.34. The molecule has 0 saturated carbocycles. The number of carbonyl (C=O) groups is 1. The third kappa shape index (κ3) is 2.80. The highest BCUT2D eigenvalue weighted by molar-refractivity contribution is 5.87. The quantitative estimate of drug-likeness (QED) is 0.793. The van der Waals surface area contributed by atoms with Crippen molar-refractivity contribution < 1.29 is 4.79 Å². The molecule has 2 aromatic carbocycles. The van der Waals surface area contributed by atoms with Crippen LogP contribution in [0.25, 0.3) is 10.8 Å². The highest BCUT2D eigenvalue weighted by Gasteiger charge is 2.20. The summed E-state index contributed by atoms with van der Waals surface area (Å²) in [5.74, 6) is -0.0318. The number of nitrogens with one attached hydrogen (secondary N) is 2. The Labute approximate surface area is 107 Å². The van der Waals surface area contributed by atoms with Gasteiger partial charge >= 0.3 is 0 Å². The monoisotopic (exact) mass is 242 g/mol. The molecule has 0 aromatic heterocycles. The summed E-state index contributed by atoms with van der Waals surface area (Å²) in [5.41, 5.74) is 6.14. The smallest absolute Gasteiger partial charge is 0.243 e. The van der Waals surface area contributed by atoms with Gasteiger partial charge in [-0.25, -0.2) is 0 Å². The van der Waals surface area contributed by atoms with Crippen LogP contribution in [0.3, 0.4) is 0 Å². The topological polar surface area (TPSA) is 41.1 Å². The van der Waals surface area contributed by atoms with Crippen molar-refractivity contribution in [3.63, 3.8) is 0 Å². The molecule has 0 aliphatic carbocycles. The van der Waals surface area contributed by atoms with E-state index in [1.807, 2.05) is 57.2 Å². The fourth-order valence-corrected chi connectivity index (χ4v) is 1.58. The SMILES string of the molecule is CC(C)(C)C(=O)NNc1ccc2ccccc2c1. The van der Waals surface area contributed by atoms with Gasteiger partial charge in [-0.2, -0.15) is 0 Å². The molecule has 2 N–H and O–H groups in total. The van der Waals surface area contributed by atoms with Crippen molar-refractivity contribution in [1.82, 2.24) is 5.43 Å². The number of hydrazine groups is 1. The molecule has 0 heterocycles. The predicted molar refractivity (Wildman–Crippen MR) is 75.2 cm³/mol. The first-order valence-electron chi connectivity index (χ1n) is 6.02. The maximum atomic E-state index is 11.7. The summed E-state index contributed by atoms with van der Waals surface area (Å²) in [6.45, 7) is 5.64. The van der Waals surface area contributed by atoms with E-state index in [0.717, 1.165) is 11.1 Å². The van der Waals surface area contributed by atoms with E-state index in [1.165, 1.54) is 5.39 Å². The summed E-state index contributed by atoms with van der Waals surface area (Å²) in [6.07, 6.45) is 0. The highest BCUT2D eigenvalue weighted by Crippen LogP contribution is 2.18.